The van der Waals surface area contributed by atoms with Crippen molar-refractivity contribution in [2.75, 3.05) is 0 Å². The smallest absolute Gasteiger partial charge is 1.00 e. The van der Waals surface area contributed by atoms with Gasteiger partial charge in [-0.25, -0.2) is 0 Å². The van der Waals surface area contributed by atoms with Gasteiger partial charge in [-0.2, -0.15) is 6.07 Å². The van der Waals surface area contributed by atoms with Gasteiger partial charge in [-0.1, -0.05) is 18.6 Å². The molecule has 2 rings (SSSR count). The molecule has 2 aromatic carbocycles. The van der Waals surface area contributed by atoms with Crippen LogP contribution >= 0.6 is 0 Å². The van der Waals surface area contributed by atoms with Crippen LogP contribution in [0.25, 0.3) is 10.8 Å². The van der Waals surface area contributed by atoms with Gasteiger partial charge in [-0.15, -0.1) is 34.5 Å². The summed E-state index contributed by atoms with van der Waals surface area (Å²) in [5.74, 6) is 0. The summed E-state index contributed by atoms with van der Waals surface area (Å²) in [6.45, 7) is 4.29. The fourth-order valence-corrected chi connectivity index (χ4v) is 1.54. The molecule has 0 aliphatic rings. The molecular formula is C11H11Cl3Ti. The molecule has 80 valence electrons. The summed E-state index contributed by atoms with van der Waals surface area (Å²) < 4.78 is 0. The van der Waals surface area contributed by atoms with Crippen molar-refractivity contribution in [3.8, 4) is 0 Å². The number of aryl methyl sites for hydroxylation is 2. The van der Waals surface area contributed by atoms with Crippen LogP contribution in [-0.2, 0) is 21.7 Å². The largest absolute Gasteiger partial charge is 4.00 e. The first-order chi connectivity index (χ1) is 5.27. The molecule has 0 amide bonds. The van der Waals surface area contributed by atoms with Crippen LogP contribution in [0.2, 0.25) is 0 Å². The molecule has 0 aliphatic heterocycles. The van der Waals surface area contributed by atoms with E-state index in [0.29, 0.717) is 0 Å². The summed E-state index contributed by atoms with van der Waals surface area (Å²) in [4.78, 5) is 0. The molecule has 0 saturated heterocycles. The predicted molar refractivity (Wildman–Crippen MR) is 49.0 cm³/mol. The Balaban J connectivity index is -0.000000360. The van der Waals surface area contributed by atoms with Crippen molar-refractivity contribution >= 4 is 10.8 Å². The van der Waals surface area contributed by atoms with Crippen molar-refractivity contribution in [2.24, 2.45) is 0 Å². The first kappa shape index (κ1) is 20.8. The standard InChI is InChI=1S/C11H11.3ClH.Ti/c1-8-6-10-5-3-4-9(2)11(10)7-8;;;;/h3-7H,1-2H3;3*1H;/q-1;;;;+4/p-3. The zero-order valence-corrected chi connectivity index (χ0v) is 12.3. The molecule has 0 unspecified atom stereocenters. The number of benzene rings is 1. The van der Waals surface area contributed by atoms with E-state index in [4.69, 9.17) is 0 Å². The minimum absolute atomic E-state index is 0. The topological polar surface area (TPSA) is 0 Å². The second-order valence-electron chi connectivity index (χ2n) is 3.11. The zero-order chi connectivity index (χ0) is 7.84. The Labute approximate surface area is 124 Å². The fourth-order valence-electron chi connectivity index (χ4n) is 1.54. The number of halogens is 3. The molecule has 0 aliphatic carbocycles. The van der Waals surface area contributed by atoms with Gasteiger partial charge < -0.3 is 37.2 Å². The summed E-state index contributed by atoms with van der Waals surface area (Å²) in [7, 11) is 0. The molecule has 0 bridgehead atoms. The van der Waals surface area contributed by atoms with E-state index in [1.807, 2.05) is 0 Å². The summed E-state index contributed by atoms with van der Waals surface area (Å²) in [5.41, 5.74) is 2.73. The Kier molecular flexibility index (Phi) is 11.8. The van der Waals surface area contributed by atoms with E-state index in [1.165, 1.54) is 21.9 Å². The van der Waals surface area contributed by atoms with Crippen LogP contribution in [-0.4, -0.2) is 0 Å². The van der Waals surface area contributed by atoms with Gasteiger partial charge in [0, 0.05) is 0 Å². The molecule has 4 heteroatoms. The SMILES string of the molecule is Cc1cc2c(C)cccc2[cH-]1.[Cl-].[Cl-].[Cl-].[Ti+4]. The average Bonchev–Trinajstić information content (AvgIpc) is 2.31. The maximum Gasteiger partial charge on any atom is 4.00 e. The maximum atomic E-state index is 2.24. The van der Waals surface area contributed by atoms with Crippen LogP contribution in [0.3, 0.4) is 0 Å². The van der Waals surface area contributed by atoms with Gasteiger partial charge in [-0.3, -0.25) is 0 Å². The first-order valence-corrected chi connectivity index (χ1v) is 3.90. The molecule has 15 heavy (non-hydrogen) atoms. The Morgan fingerprint density at radius 3 is 2.13 bits per heavy atom. The molecule has 0 atom stereocenters. The second-order valence-corrected chi connectivity index (χ2v) is 3.11. The van der Waals surface area contributed by atoms with Gasteiger partial charge in [0.25, 0.3) is 0 Å². The van der Waals surface area contributed by atoms with Crippen LogP contribution in [0.15, 0.2) is 30.3 Å². The van der Waals surface area contributed by atoms with Crippen molar-refractivity contribution in [1.82, 2.24) is 0 Å². The molecule has 0 aromatic heterocycles. The fraction of sp³-hybridized carbons (Fsp3) is 0.182. The Bertz CT molecular complexity index is 396. The van der Waals surface area contributed by atoms with Crippen LogP contribution in [0.1, 0.15) is 11.1 Å². The van der Waals surface area contributed by atoms with Crippen molar-refractivity contribution in [3.63, 3.8) is 0 Å². The minimum Gasteiger partial charge on any atom is -1.00 e. The van der Waals surface area contributed by atoms with Crippen LogP contribution in [0, 0.1) is 13.8 Å². The molecular weight excluding hydrogens is 286 g/mol. The Morgan fingerprint density at radius 2 is 1.60 bits per heavy atom. The van der Waals surface area contributed by atoms with Gasteiger partial charge in [0.15, 0.2) is 0 Å². The van der Waals surface area contributed by atoms with Crippen molar-refractivity contribution in [2.45, 2.75) is 13.8 Å². The normalized spacial score (nSPS) is 7.87. The Morgan fingerprint density at radius 1 is 1.00 bits per heavy atom. The summed E-state index contributed by atoms with van der Waals surface area (Å²) >= 11 is 0. The van der Waals surface area contributed by atoms with Crippen LogP contribution < -0.4 is 37.2 Å². The molecule has 0 spiro atoms. The second kappa shape index (κ2) is 8.55. The average molecular weight is 297 g/mol. The van der Waals surface area contributed by atoms with E-state index in [2.05, 4.69) is 44.2 Å². The van der Waals surface area contributed by atoms with Crippen LogP contribution in [0.4, 0.5) is 0 Å². The van der Waals surface area contributed by atoms with Gasteiger partial charge in [-0.05, 0) is 6.92 Å². The number of fused-ring (bicyclic) bond motifs is 1. The number of hydrogen-bond donors (Lipinski definition) is 0. The zero-order valence-electron chi connectivity index (χ0n) is 8.52. The monoisotopic (exact) mass is 296 g/mol. The molecule has 0 N–H and O–H groups in total. The molecule has 0 nitrogen and oxygen atoms in total. The minimum atomic E-state index is 0. The molecule has 2 aromatic rings. The van der Waals surface area contributed by atoms with E-state index < -0.39 is 0 Å². The van der Waals surface area contributed by atoms with Gasteiger partial charge in [0.2, 0.25) is 0 Å². The third kappa shape index (κ3) is 4.42. The third-order valence-electron chi connectivity index (χ3n) is 2.11. The van der Waals surface area contributed by atoms with Crippen molar-refractivity contribution < 1.29 is 58.9 Å². The van der Waals surface area contributed by atoms with E-state index >= 15 is 0 Å². The number of hydrogen-bond acceptors (Lipinski definition) is 0. The summed E-state index contributed by atoms with van der Waals surface area (Å²) in [6.07, 6.45) is 0. The third-order valence-corrected chi connectivity index (χ3v) is 2.11. The van der Waals surface area contributed by atoms with Crippen LogP contribution in [0.5, 0.6) is 0 Å². The molecule has 0 heterocycles. The van der Waals surface area contributed by atoms with Crippen molar-refractivity contribution in [3.05, 3.63) is 41.5 Å². The predicted octanol–water partition coefficient (Wildman–Crippen LogP) is -5.81. The van der Waals surface area contributed by atoms with Gasteiger partial charge in [0.05, 0.1) is 0 Å². The Hall–Kier alpha value is 0.414. The molecule has 0 saturated carbocycles. The van der Waals surface area contributed by atoms with E-state index in [0.717, 1.165) is 0 Å². The summed E-state index contributed by atoms with van der Waals surface area (Å²) in [5, 5.41) is 2.76. The molecule has 0 fully saturated rings. The van der Waals surface area contributed by atoms with E-state index in [1.54, 1.807) is 0 Å². The quantitative estimate of drug-likeness (QED) is 0.336. The first-order valence-electron chi connectivity index (χ1n) is 3.90. The summed E-state index contributed by atoms with van der Waals surface area (Å²) in [6, 6.07) is 10.9. The van der Waals surface area contributed by atoms with Crippen molar-refractivity contribution in [1.29, 1.82) is 0 Å². The van der Waals surface area contributed by atoms with E-state index in [9.17, 15) is 0 Å². The maximum absolute atomic E-state index is 2.24. The van der Waals surface area contributed by atoms with Gasteiger partial charge in [0.1, 0.15) is 0 Å². The molecule has 0 radical (unpaired) electrons. The van der Waals surface area contributed by atoms with E-state index in [-0.39, 0.29) is 58.9 Å². The number of rotatable bonds is 0. The van der Waals surface area contributed by atoms with Gasteiger partial charge >= 0.3 is 21.7 Å².